The topological polar surface area (TPSA) is 84.0 Å². The Labute approximate surface area is 122 Å². The molecule has 7 heteroatoms. The molecule has 1 atom stereocenters. The maximum Gasteiger partial charge on any atom is 0.316 e. The van der Waals surface area contributed by atoms with Crippen LogP contribution in [0.15, 0.2) is 18.5 Å². The molecule has 3 heterocycles. The third-order valence-electron chi connectivity index (χ3n) is 3.59. The summed E-state index contributed by atoms with van der Waals surface area (Å²) in [5.74, 6) is -0.00108. The van der Waals surface area contributed by atoms with E-state index in [1.54, 1.807) is 23.4 Å². The van der Waals surface area contributed by atoms with Crippen LogP contribution in [0, 0.1) is 13.8 Å². The predicted molar refractivity (Wildman–Crippen MR) is 75.0 cm³/mol. The molecular formula is C14H17N5O2. The second kappa shape index (κ2) is 5.51. The first-order chi connectivity index (χ1) is 10.1. The lowest BCUT2D eigenvalue weighted by Crippen LogP contribution is -2.31. The Morgan fingerprint density at radius 2 is 2.14 bits per heavy atom. The van der Waals surface area contributed by atoms with Gasteiger partial charge in [-0.3, -0.25) is 9.89 Å². The lowest BCUT2D eigenvalue weighted by molar-refractivity contribution is 0.0768. The molecule has 0 aliphatic carbocycles. The van der Waals surface area contributed by atoms with Gasteiger partial charge in [0.25, 0.3) is 5.91 Å². The zero-order valence-corrected chi connectivity index (χ0v) is 12.0. The number of hydrogen-bond donors (Lipinski definition) is 1. The summed E-state index contributed by atoms with van der Waals surface area (Å²) in [6, 6.07) is 2.09. The van der Waals surface area contributed by atoms with Crippen LogP contribution in [-0.4, -0.2) is 50.2 Å². The number of likely N-dealkylation sites (tertiary alicyclic amines) is 1. The van der Waals surface area contributed by atoms with E-state index in [0.29, 0.717) is 24.7 Å². The monoisotopic (exact) mass is 287 g/mol. The molecule has 0 aromatic carbocycles. The van der Waals surface area contributed by atoms with Crippen LogP contribution < -0.4 is 4.74 Å². The van der Waals surface area contributed by atoms with Crippen molar-refractivity contribution in [1.82, 2.24) is 25.1 Å². The minimum absolute atomic E-state index is 0.00108. The molecule has 2 aromatic rings. The van der Waals surface area contributed by atoms with E-state index in [1.165, 1.54) is 0 Å². The van der Waals surface area contributed by atoms with Gasteiger partial charge in [0.05, 0.1) is 17.8 Å². The Kier molecular flexibility index (Phi) is 3.55. The number of aromatic amines is 1. The van der Waals surface area contributed by atoms with E-state index in [2.05, 4.69) is 20.2 Å². The van der Waals surface area contributed by atoms with Gasteiger partial charge in [0.2, 0.25) is 0 Å². The minimum Gasteiger partial charge on any atom is -0.458 e. The quantitative estimate of drug-likeness (QED) is 0.914. The summed E-state index contributed by atoms with van der Waals surface area (Å²) < 4.78 is 5.69. The first-order valence-corrected chi connectivity index (χ1v) is 6.89. The fourth-order valence-electron chi connectivity index (χ4n) is 2.53. The number of hydrogen-bond acceptors (Lipinski definition) is 5. The van der Waals surface area contributed by atoms with Crippen molar-refractivity contribution in [3.8, 4) is 6.01 Å². The van der Waals surface area contributed by atoms with Crippen molar-refractivity contribution in [2.24, 2.45) is 0 Å². The van der Waals surface area contributed by atoms with E-state index in [9.17, 15) is 4.79 Å². The van der Waals surface area contributed by atoms with Gasteiger partial charge in [0.1, 0.15) is 6.10 Å². The third-order valence-corrected chi connectivity index (χ3v) is 3.59. The van der Waals surface area contributed by atoms with Gasteiger partial charge < -0.3 is 9.64 Å². The van der Waals surface area contributed by atoms with Crippen molar-refractivity contribution in [2.75, 3.05) is 13.1 Å². The summed E-state index contributed by atoms with van der Waals surface area (Å²) in [6.45, 7) is 4.90. The zero-order valence-electron chi connectivity index (χ0n) is 12.0. The lowest BCUT2D eigenvalue weighted by atomic mass is 10.2. The summed E-state index contributed by atoms with van der Waals surface area (Å²) in [5, 5.41) is 6.92. The van der Waals surface area contributed by atoms with E-state index in [-0.39, 0.29) is 12.0 Å². The fraction of sp³-hybridized carbons (Fsp3) is 0.429. The Hall–Kier alpha value is -2.44. The lowest BCUT2D eigenvalue weighted by Gasteiger charge is -2.16. The highest BCUT2D eigenvalue weighted by Gasteiger charge is 2.30. The van der Waals surface area contributed by atoms with Crippen LogP contribution >= 0.6 is 0 Å². The van der Waals surface area contributed by atoms with Crippen molar-refractivity contribution in [1.29, 1.82) is 0 Å². The van der Waals surface area contributed by atoms with Gasteiger partial charge >= 0.3 is 6.01 Å². The molecule has 1 amide bonds. The Bertz CT molecular complexity index is 621. The van der Waals surface area contributed by atoms with Crippen LogP contribution in [0.5, 0.6) is 6.01 Å². The number of aromatic nitrogens is 4. The number of H-pyrrole nitrogens is 1. The largest absolute Gasteiger partial charge is 0.458 e. The summed E-state index contributed by atoms with van der Waals surface area (Å²) in [7, 11) is 0. The SMILES string of the molecule is Cc1n[nH]c(C)c1C(=O)N1CC[C@H](Oc2ncccn2)C1. The van der Waals surface area contributed by atoms with E-state index in [4.69, 9.17) is 4.74 Å². The van der Waals surface area contributed by atoms with Crippen LogP contribution in [0.3, 0.4) is 0 Å². The normalized spacial score (nSPS) is 18.0. The molecular weight excluding hydrogens is 270 g/mol. The molecule has 0 unspecified atom stereocenters. The minimum atomic E-state index is -0.0659. The van der Waals surface area contributed by atoms with E-state index in [0.717, 1.165) is 17.8 Å². The van der Waals surface area contributed by atoms with Crippen molar-refractivity contribution >= 4 is 5.91 Å². The Morgan fingerprint density at radius 3 is 2.81 bits per heavy atom. The summed E-state index contributed by atoms with van der Waals surface area (Å²) in [4.78, 5) is 22.4. The molecule has 0 spiro atoms. The van der Waals surface area contributed by atoms with Crippen LogP contribution in [0.2, 0.25) is 0 Å². The number of carbonyl (C=O) groups excluding carboxylic acids is 1. The van der Waals surface area contributed by atoms with Gasteiger partial charge in [-0.1, -0.05) is 0 Å². The van der Waals surface area contributed by atoms with Crippen LogP contribution in [0.25, 0.3) is 0 Å². The van der Waals surface area contributed by atoms with E-state index < -0.39 is 0 Å². The van der Waals surface area contributed by atoms with Crippen molar-refractivity contribution in [3.63, 3.8) is 0 Å². The second-order valence-corrected chi connectivity index (χ2v) is 5.12. The number of aryl methyl sites for hydroxylation is 2. The van der Waals surface area contributed by atoms with Crippen LogP contribution in [0.4, 0.5) is 0 Å². The van der Waals surface area contributed by atoms with Gasteiger partial charge in [-0.15, -0.1) is 0 Å². The van der Waals surface area contributed by atoms with Gasteiger partial charge in [0, 0.05) is 31.1 Å². The summed E-state index contributed by atoms with van der Waals surface area (Å²) in [6.07, 6.45) is 3.99. The van der Waals surface area contributed by atoms with Gasteiger partial charge in [-0.2, -0.15) is 5.10 Å². The number of nitrogens with zero attached hydrogens (tertiary/aromatic N) is 4. The average Bonchev–Trinajstić information content (AvgIpc) is 3.07. The van der Waals surface area contributed by atoms with E-state index >= 15 is 0 Å². The van der Waals surface area contributed by atoms with Gasteiger partial charge in [-0.25, -0.2) is 9.97 Å². The smallest absolute Gasteiger partial charge is 0.316 e. The highest BCUT2D eigenvalue weighted by atomic mass is 16.5. The standard InChI is InChI=1S/C14H17N5O2/c1-9-12(10(2)18-17-9)13(20)19-7-4-11(8-19)21-14-15-5-3-6-16-14/h3,5-6,11H,4,7-8H2,1-2H3,(H,17,18)/t11-/m0/s1. The molecule has 1 aliphatic rings. The molecule has 1 fully saturated rings. The van der Waals surface area contributed by atoms with Crippen LogP contribution in [0.1, 0.15) is 28.2 Å². The first-order valence-electron chi connectivity index (χ1n) is 6.89. The second-order valence-electron chi connectivity index (χ2n) is 5.12. The van der Waals surface area contributed by atoms with Crippen molar-refractivity contribution in [3.05, 3.63) is 35.4 Å². The molecule has 3 rings (SSSR count). The molecule has 0 radical (unpaired) electrons. The third kappa shape index (κ3) is 2.72. The first kappa shape index (κ1) is 13.5. The summed E-state index contributed by atoms with van der Waals surface area (Å²) in [5.41, 5.74) is 2.19. The number of ether oxygens (including phenoxy) is 1. The average molecular weight is 287 g/mol. The molecule has 0 saturated carbocycles. The highest BCUT2D eigenvalue weighted by molar-refractivity contribution is 5.96. The predicted octanol–water partition coefficient (Wildman–Crippen LogP) is 1.11. The number of amides is 1. The van der Waals surface area contributed by atoms with Crippen molar-refractivity contribution in [2.45, 2.75) is 26.4 Å². The Morgan fingerprint density at radius 1 is 1.38 bits per heavy atom. The molecule has 110 valence electrons. The maximum absolute atomic E-state index is 12.5. The summed E-state index contributed by atoms with van der Waals surface area (Å²) >= 11 is 0. The Balaban J connectivity index is 1.66. The maximum atomic E-state index is 12.5. The molecule has 1 N–H and O–H groups in total. The molecule has 1 saturated heterocycles. The zero-order chi connectivity index (χ0) is 14.8. The number of rotatable bonds is 3. The molecule has 1 aliphatic heterocycles. The fourth-order valence-corrected chi connectivity index (χ4v) is 2.53. The van der Waals surface area contributed by atoms with Gasteiger partial charge in [-0.05, 0) is 19.9 Å². The highest BCUT2D eigenvalue weighted by Crippen LogP contribution is 2.19. The molecule has 7 nitrogen and oxygen atoms in total. The molecule has 2 aromatic heterocycles. The number of carbonyl (C=O) groups is 1. The molecule has 0 bridgehead atoms. The molecule has 21 heavy (non-hydrogen) atoms. The van der Waals surface area contributed by atoms with Crippen LogP contribution in [-0.2, 0) is 0 Å². The van der Waals surface area contributed by atoms with Gasteiger partial charge in [0.15, 0.2) is 0 Å². The number of nitrogens with one attached hydrogen (secondary N) is 1. The van der Waals surface area contributed by atoms with Crippen molar-refractivity contribution < 1.29 is 9.53 Å². The van der Waals surface area contributed by atoms with E-state index in [1.807, 2.05) is 13.8 Å².